The zero-order chi connectivity index (χ0) is 33.5. The number of hydrogen-bond donors (Lipinski definition) is 0. The van der Waals surface area contributed by atoms with Crippen molar-refractivity contribution in [3.8, 4) is 39.9 Å². The standard InChI is InChI=1S/C45H26N4OS/c1-3-13-27(14-4-1)43-46-44(28-15-5-2-6-16-28)48-45(47-43)33-25-29(26-37-40(33)31-18-8-11-21-36(31)50-37)49-34-20-10-7-17-30(34)41-35(49)23-24-39-42(41)32-19-9-12-22-38(32)51-39/h1-26H. The van der Waals surface area contributed by atoms with Crippen LogP contribution in [0.3, 0.4) is 0 Å². The molecule has 0 radical (unpaired) electrons. The number of benzene rings is 7. The van der Waals surface area contributed by atoms with Crippen molar-refractivity contribution >= 4 is 75.3 Å². The molecule has 0 aliphatic carbocycles. The van der Waals surface area contributed by atoms with Crippen LogP contribution in [0, 0.1) is 0 Å². The number of aromatic nitrogens is 4. The van der Waals surface area contributed by atoms with E-state index in [2.05, 4.69) is 89.5 Å². The highest BCUT2D eigenvalue weighted by atomic mass is 32.1. The summed E-state index contributed by atoms with van der Waals surface area (Å²) < 4.78 is 11.6. The van der Waals surface area contributed by atoms with Crippen molar-refractivity contribution in [1.29, 1.82) is 0 Å². The van der Waals surface area contributed by atoms with Crippen LogP contribution in [-0.4, -0.2) is 19.5 Å². The van der Waals surface area contributed by atoms with Gasteiger partial charge in [0.15, 0.2) is 17.5 Å². The highest BCUT2D eigenvalue weighted by Crippen LogP contribution is 2.45. The molecule has 0 spiro atoms. The van der Waals surface area contributed by atoms with Crippen molar-refractivity contribution in [3.63, 3.8) is 0 Å². The Hall–Kier alpha value is -6.63. The number of furan rings is 1. The van der Waals surface area contributed by atoms with Gasteiger partial charge in [-0.1, -0.05) is 115 Å². The summed E-state index contributed by atoms with van der Waals surface area (Å²) in [6, 6.07) is 54.8. The minimum atomic E-state index is 0.591. The number of nitrogens with zero attached hydrogens (tertiary/aromatic N) is 4. The Morgan fingerprint density at radius 1 is 0.431 bits per heavy atom. The molecule has 0 aliphatic rings. The number of hydrogen-bond acceptors (Lipinski definition) is 5. The lowest BCUT2D eigenvalue weighted by Crippen LogP contribution is -2.01. The molecule has 4 heterocycles. The second kappa shape index (κ2) is 10.9. The van der Waals surface area contributed by atoms with Gasteiger partial charge in [-0.05, 0) is 36.4 Å². The van der Waals surface area contributed by atoms with E-state index >= 15 is 0 Å². The quantitative estimate of drug-likeness (QED) is 0.187. The fourth-order valence-electron chi connectivity index (χ4n) is 7.63. The van der Waals surface area contributed by atoms with E-state index in [1.807, 2.05) is 84.1 Å². The third-order valence-corrected chi connectivity index (χ3v) is 11.0. The van der Waals surface area contributed by atoms with Crippen LogP contribution in [0.25, 0.3) is 104 Å². The number of para-hydroxylation sites is 2. The maximum atomic E-state index is 6.64. The normalized spacial score (nSPS) is 11.9. The molecule has 0 bridgehead atoms. The Bertz CT molecular complexity index is 3080. The van der Waals surface area contributed by atoms with E-state index < -0.39 is 0 Å². The first-order chi connectivity index (χ1) is 25.3. The van der Waals surface area contributed by atoms with Crippen LogP contribution in [0.1, 0.15) is 0 Å². The van der Waals surface area contributed by atoms with Crippen molar-refractivity contribution in [2.75, 3.05) is 0 Å². The maximum Gasteiger partial charge on any atom is 0.164 e. The highest BCUT2D eigenvalue weighted by Gasteiger charge is 2.22. The van der Waals surface area contributed by atoms with Crippen LogP contribution in [0.4, 0.5) is 0 Å². The molecule has 5 nitrogen and oxygen atoms in total. The average Bonchev–Trinajstić information content (AvgIpc) is 3.87. The Kier molecular flexibility index (Phi) is 6.05. The lowest BCUT2D eigenvalue weighted by molar-refractivity contribution is 0.668. The predicted octanol–water partition coefficient (Wildman–Crippen LogP) is 12.2. The zero-order valence-corrected chi connectivity index (χ0v) is 27.9. The lowest BCUT2D eigenvalue weighted by atomic mass is 10.0. The molecular weight excluding hydrogens is 645 g/mol. The summed E-state index contributed by atoms with van der Waals surface area (Å²) in [5.74, 6) is 1.83. The fourth-order valence-corrected chi connectivity index (χ4v) is 8.74. The van der Waals surface area contributed by atoms with E-state index in [1.165, 1.54) is 30.9 Å². The van der Waals surface area contributed by atoms with Crippen LogP contribution in [0.2, 0.25) is 0 Å². The van der Waals surface area contributed by atoms with Gasteiger partial charge in [0.2, 0.25) is 0 Å². The summed E-state index contributed by atoms with van der Waals surface area (Å²) in [7, 11) is 0. The van der Waals surface area contributed by atoms with Crippen molar-refractivity contribution in [2.24, 2.45) is 0 Å². The molecule has 51 heavy (non-hydrogen) atoms. The Morgan fingerprint density at radius 3 is 1.82 bits per heavy atom. The lowest BCUT2D eigenvalue weighted by Gasteiger charge is -2.13. The third kappa shape index (κ3) is 4.30. The van der Waals surface area contributed by atoms with Crippen LogP contribution in [0.5, 0.6) is 0 Å². The summed E-state index contributed by atoms with van der Waals surface area (Å²) in [6.45, 7) is 0. The molecule has 11 aromatic rings. The summed E-state index contributed by atoms with van der Waals surface area (Å²) >= 11 is 1.85. The van der Waals surface area contributed by atoms with Crippen LogP contribution in [-0.2, 0) is 0 Å². The second-order valence-corrected chi connectivity index (χ2v) is 13.9. The third-order valence-electron chi connectivity index (χ3n) is 9.84. The van der Waals surface area contributed by atoms with Gasteiger partial charge in [-0.25, -0.2) is 15.0 Å². The minimum absolute atomic E-state index is 0.591. The van der Waals surface area contributed by atoms with Crippen LogP contribution < -0.4 is 0 Å². The van der Waals surface area contributed by atoms with E-state index in [-0.39, 0.29) is 0 Å². The molecular formula is C45H26N4OS. The molecule has 0 saturated carbocycles. The molecule has 0 saturated heterocycles. The molecule has 0 fully saturated rings. The van der Waals surface area contributed by atoms with Gasteiger partial charge in [0.1, 0.15) is 11.2 Å². The molecule has 0 aliphatic heterocycles. The average molecular weight is 671 g/mol. The van der Waals surface area contributed by atoms with Gasteiger partial charge in [-0.15, -0.1) is 11.3 Å². The molecule has 238 valence electrons. The second-order valence-electron chi connectivity index (χ2n) is 12.8. The van der Waals surface area contributed by atoms with Crippen molar-refractivity contribution in [3.05, 3.63) is 158 Å². The first-order valence-electron chi connectivity index (χ1n) is 16.9. The molecule has 6 heteroatoms. The Balaban J connectivity index is 1.26. The molecule has 7 aromatic carbocycles. The predicted molar refractivity (Wildman–Crippen MR) is 211 cm³/mol. The number of rotatable bonds is 4. The molecule has 4 aromatic heterocycles. The fraction of sp³-hybridized carbons (Fsp3) is 0. The Morgan fingerprint density at radius 2 is 1.06 bits per heavy atom. The minimum Gasteiger partial charge on any atom is -0.456 e. The molecule has 0 atom stereocenters. The van der Waals surface area contributed by atoms with Gasteiger partial charge in [-0.2, -0.15) is 0 Å². The monoisotopic (exact) mass is 670 g/mol. The molecule has 11 rings (SSSR count). The highest BCUT2D eigenvalue weighted by molar-refractivity contribution is 7.26. The SMILES string of the molecule is c1ccc(-c2nc(-c3ccccc3)nc(-c3cc(-n4c5ccccc5c5c6c(ccc54)sc4ccccc46)cc4oc5ccccc5c34)n2)cc1. The first kappa shape index (κ1) is 28.2. The summed E-state index contributed by atoms with van der Waals surface area (Å²) in [4.78, 5) is 15.3. The topological polar surface area (TPSA) is 56.7 Å². The summed E-state index contributed by atoms with van der Waals surface area (Å²) in [5.41, 5.74) is 7.58. The zero-order valence-electron chi connectivity index (χ0n) is 27.1. The summed E-state index contributed by atoms with van der Waals surface area (Å²) in [5, 5.41) is 7.05. The van der Waals surface area contributed by atoms with Gasteiger partial charge in [0, 0.05) is 64.5 Å². The molecule has 0 N–H and O–H groups in total. The molecule has 0 amide bonds. The van der Waals surface area contributed by atoms with Gasteiger partial charge in [-0.3, -0.25) is 0 Å². The van der Waals surface area contributed by atoms with E-state index in [0.29, 0.717) is 17.5 Å². The van der Waals surface area contributed by atoms with Crippen molar-refractivity contribution < 1.29 is 4.42 Å². The van der Waals surface area contributed by atoms with Gasteiger partial charge in [0.25, 0.3) is 0 Å². The van der Waals surface area contributed by atoms with E-state index in [0.717, 1.165) is 55.3 Å². The van der Waals surface area contributed by atoms with Crippen LogP contribution in [0.15, 0.2) is 162 Å². The first-order valence-corrected chi connectivity index (χ1v) is 17.8. The van der Waals surface area contributed by atoms with Crippen molar-refractivity contribution in [2.45, 2.75) is 0 Å². The van der Waals surface area contributed by atoms with E-state index in [1.54, 1.807) is 0 Å². The maximum absolute atomic E-state index is 6.64. The van der Waals surface area contributed by atoms with Gasteiger partial charge in [0.05, 0.1) is 16.7 Å². The van der Waals surface area contributed by atoms with E-state index in [4.69, 9.17) is 19.4 Å². The van der Waals surface area contributed by atoms with Crippen molar-refractivity contribution in [1.82, 2.24) is 19.5 Å². The van der Waals surface area contributed by atoms with E-state index in [9.17, 15) is 0 Å². The largest absolute Gasteiger partial charge is 0.456 e. The van der Waals surface area contributed by atoms with Gasteiger partial charge >= 0.3 is 0 Å². The van der Waals surface area contributed by atoms with Gasteiger partial charge < -0.3 is 8.98 Å². The summed E-state index contributed by atoms with van der Waals surface area (Å²) in [6.07, 6.45) is 0. The Labute approximate surface area is 295 Å². The molecule has 0 unspecified atom stereocenters. The number of thiophene rings is 1. The number of fused-ring (bicyclic) bond motifs is 10. The van der Waals surface area contributed by atoms with Crippen LogP contribution >= 0.6 is 11.3 Å². The smallest absolute Gasteiger partial charge is 0.164 e.